The van der Waals surface area contributed by atoms with Crippen LogP contribution in [0.5, 0.6) is 0 Å². The molecule has 0 radical (unpaired) electrons. The molecule has 1 atom stereocenters. The van der Waals surface area contributed by atoms with Crippen LogP contribution in [0, 0.1) is 12.8 Å². The van der Waals surface area contributed by atoms with Crippen LogP contribution in [0.4, 0.5) is 0 Å². The maximum atomic E-state index is 12.5. The lowest BCUT2D eigenvalue weighted by molar-refractivity contribution is -0.133. The Bertz CT molecular complexity index is 806. The van der Waals surface area contributed by atoms with Crippen molar-refractivity contribution >= 4 is 29.2 Å². The van der Waals surface area contributed by atoms with E-state index in [9.17, 15) is 9.59 Å². The summed E-state index contributed by atoms with van der Waals surface area (Å²) >= 11 is 1.57. The van der Waals surface area contributed by atoms with Crippen LogP contribution in [0.1, 0.15) is 24.1 Å². The Morgan fingerprint density at radius 2 is 2.22 bits per heavy atom. The van der Waals surface area contributed by atoms with Gasteiger partial charge in [0.1, 0.15) is 5.65 Å². The van der Waals surface area contributed by atoms with Gasteiger partial charge in [-0.25, -0.2) is 4.98 Å². The van der Waals surface area contributed by atoms with E-state index in [0.717, 1.165) is 30.7 Å². The summed E-state index contributed by atoms with van der Waals surface area (Å²) in [6.45, 7) is 4.20. The van der Waals surface area contributed by atoms with Crippen molar-refractivity contribution in [1.82, 2.24) is 19.6 Å². The fourth-order valence-corrected chi connectivity index (χ4v) is 4.12. The summed E-state index contributed by atoms with van der Waals surface area (Å²) < 4.78 is 2.02. The number of pyridine rings is 1. The van der Waals surface area contributed by atoms with E-state index < -0.39 is 0 Å². The average molecular weight is 390 g/mol. The molecule has 7 nitrogen and oxygen atoms in total. The van der Waals surface area contributed by atoms with Gasteiger partial charge in [-0.15, -0.1) is 11.8 Å². The van der Waals surface area contributed by atoms with Gasteiger partial charge in [0.25, 0.3) is 0 Å². The second kappa shape index (κ2) is 9.23. The molecular formula is C19H27N5O2S. The smallest absolute Gasteiger partial charge is 0.232 e. The quantitative estimate of drug-likeness (QED) is 0.742. The Hall–Kier alpha value is -2.06. The van der Waals surface area contributed by atoms with Gasteiger partial charge >= 0.3 is 0 Å². The zero-order valence-electron chi connectivity index (χ0n) is 15.7. The lowest BCUT2D eigenvalue weighted by Crippen LogP contribution is -2.46. The Balaban J connectivity index is 1.47. The second-order valence-corrected chi connectivity index (χ2v) is 7.94. The molecule has 1 aliphatic heterocycles. The van der Waals surface area contributed by atoms with Gasteiger partial charge in [0.05, 0.1) is 17.4 Å². The van der Waals surface area contributed by atoms with Crippen molar-refractivity contribution in [1.29, 1.82) is 0 Å². The molecule has 1 saturated heterocycles. The van der Waals surface area contributed by atoms with Crippen molar-refractivity contribution in [3.63, 3.8) is 0 Å². The largest absolute Gasteiger partial charge is 0.355 e. The summed E-state index contributed by atoms with van der Waals surface area (Å²) in [4.78, 5) is 31.0. The van der Waals surface area contributed by atoms with E-state index >= 15 is 0 Å². The Labute approximate surface area is 163 Å². The van der Waals surface area contributed by atoms with Crippen molar-refractivity contribution in [2.75, 3.05) is 31.9 Å². The number of imidazole rings is 1. The zero-order chi connectivity index (χ0) is 19.2. The molecule has 146 valence electrons. The van der Waals surface area contributed by atoms with Gasteiger partial charge in [-0.1, -0.05) is 6.07 Å². The van der Waals surface area contributed by atoms with E-state index in [1.54, 1.807) is 11.8 Å². The number of hydrogen-bond acceptors (Lipinski definition) is 5. The third-order valence-electron chi connectivity index (χ3n) is 4.71. The molecule has 2 amide bonds. The van der Waals surface area contributed by atoms with E-state index in [1.165, 1.54) is 5.56 Å². The van der Waals surface area contributed by atoms with Crippen LogP contribution < -0.4 is 11.1 Å². The number of nitrogens with two attached hydrogens (primary N) is 1. The molecule has 27 heavy (non-hydrogen) atoms. The highest BCUT2D eigenvalue weighted by molar-refractivity contribution is 7.99. The summed E-state index contributed by atoms with van der Waals surface area (Å²) in [6.07, 6.45) is 5.75. The number of carbonyl (C=O) groups excluding carboxylic acids is 2. The first-order chi connectivity index (χ1) is 13.1. The molecular weight excluding hydrogens is 362 g/mol. The topological polar surface area (TPSA) is 92.7 Å². The first-order valence-electron chi connectivity index (χ1n) is 9.34. The number of nitrogens with zero attached hydrogens (tertiary/aromatic N) is 3. The molecule has 1 fully saturated rings. The minimum absolute atomic E-state index is 0.00518. The maximum absolute atomic E-state index is 12.5. The predicted molar refractivity (Wildman–Crippen MR) is 107 cm³/mol. The SMILES string of the molecule is Cc1ccc2nc(CSCC(=O)N3CCCC(C(=O)NCCN)C3)cn2c1. The van der Waals surface area contributed by atoms with E-state index in [0.29, 0.717) is 31.1 Å². The van der Waals surface area contributed by atoms with Crippen LogP contribution in [-0.2, 0) is 15.3 Å². The lowest BCUT2D eigenvalue weighted by atomic mass is 9.97. The number of nitrogens with one attached hydrogen (secondary N) is 1. The highest BCUT2D eigenvalue weighted by Gasteiger charge is 2.28. The van der Waals surface area contributed by atoms with Gasteiger partial charge in [-0.05, 0) is 31.4 Å². The fraction of sp³-hybridized carbons (Fsp3) is 0.526. The zero-order valence-corrected chi connectivity index (χ0v) is 16.5. The molecule has 1 unspecified atom stereocenters. The molecule has 0 spiro atoms. The van der Waals surface area contributed by atoms with Crippen molar-refractivity contribution in [2.24, 2.45) is 11.7 Å². The van der Waals surface area contributed by atoms with Crippen LogP contribution in [0.15, 0.2) is 24.5 Å². The molecule has 0 bridgehead atoms. The number of thioether (sulfide) groups is 1. The van der Waals surface area contributed by atoms with Gasteiger partial charge < -0.3 is 20.4 Å². The van der Waals surface area contributed by atoms with Gasteiger partial charge in [-0.3, -0.25) is 9.59 Å². The summed E-state index contributed by atoms with van der Waals surface area (Å²) in [5, 5.41) is 2.83. The summed E-state index contributed by atoms with van der Waals surface area (Å²) in [7, 11) is 0. The summed E-state index contributed by atoms with van der Waals surface area (Å²) in [5.74, 6) is 1.08. The predicted octanol–water partition coefficient (Wildman–Crippen LogP) is 1.19. The number of likely N-dealkylation sites (tertiary alicyclic amines) is 1. The number of aryl methyl sites for hydroxylation is 1. The maximum Gasteiger partial charge on any atom is 0.232 e. The number of aromatic nitrogens is 2. The van der Waals surface area contributed by atoms with Crippen molar-refractivity contribution in [2.45, 2.75) is 25.5 Å². The molecule has 1 aliphatic rings. The number of hydrogen-bond donors (Lipinski definition) is 2. The van der Waals surface area contributed by atoms with Gasteiger partial charge in [0, 0.05) is 44.3 Å². The number of piperidine rings is 1. The van der Waals surface area contributed by atoms with Crippen LogP contribution in [-0.4, -0.2) is 58.0 Å². The Kier molecular flexibility index (Phi) is 6.73. The molecule has 0 saturated carbocycles. The second-order valence-electron chi connectivity index (χ2n) is 6.96. The Morgan fingerprint density at radius 1 is 1.37 bits per heavy atom. The first kappa shape index (κ1) is 19.7. The summed E-state index contributed by atoms with van der Waals surface area (Å²) in [6, 6.07) is 4.04. The average Bonchev–Trinajstić information content (AvgIpc) is 3.07. The molecule has 0 aromatic carbocycles. The molecule has 2 aromatic rings. The van der Waals surface area contributed by atoms with Crippen molar-refractivity contribution < 1.29 is 9.59 Å². The van der Waals surface area contributed by atoms with Crippen LogP contribution >= 0.6 is 11.8 Å². The third-order valence-corrected chi connectivity index (χ3v) is 5.66. The Morgan fingerprint density at radius 3 is 3.04 bits per heavy atom. The third kappa shape index (κ3) is 5.23. The van der Waals surface area contributed by atoms with Crippen LogP contribution in [0.3, 0.4) is 0 Å². The standard InChI is InChI=1S/C19H27N5O2S/c1-14-4-5-17-22-16(11-24(17)9-14)12-27-13-18(25)23-8-2-3-15(10-23)19(26)21-7-6-20/h4-5,9,11,15H,2-3,6-8,10,12-13,20H2,1H3,(H,21,26). The van der Waals surface area contributed by atoms with Crippen LogP contribution in [0.2, 0.25) is 0 Å². The van der Waals surface area contributed by atoms with Gasteiger partial charge in [0.2, 0.25) is 11.8 Å². The fourth-order valence-electron chi connectivity index (χ4n) is 3.32. The molecule has 2 aromatic heterocycles. The van der Waals surface area contributed by atoms with Gasteiger partial charge in [0.15, 0.2) is 0 Å². The summed E-state index contributed by atoms with van der Waals surface area (Å²) in [5.41, 5.74) is 8.50. The normalized spacial score (nSPS) is 17.3. The molecule has 8 heteroatoms. The van der Waals surface area contributed by atoms with Crippen molar-refractivity contribution in [3.05, 3.63) is 35.8 Å². The van der Waals surface area contributed by atoms with Gasteiger partial charge in [-0.2, -0.15) is 0 Å². The first-order valence-corrected chi connectivity index (χ1v) is 10.5. The number of fused-ring (bicyclic) bond motifs is 1. The minimum Gasteiger partial charge on any atom is -0.355 e. The number of carbonyl (C=O) groups is 2. The van der Waals surface area contributed by atoms with Crippen molar-refractivity contribution in [3.8, 4) is 0 Å². The number of amides is 2. The molecule has 3 rings (SSSR count). The van der Waals surface area contributed by atoms with E-state index in [4.69, 9.17) is 5.73 Å². The highest BCUT2D eigenvalue weighted by Crippen LogP contribution is 2.19. The minimum atomic E-state index is -0.124. The molecule has 3 heterocycles. The van der Waals surface area contributed by atoms with E-state index in [-0.39, 0.29) is 17.7 Å². The molecule has 3 N–H and O–H groups in total. The van der Waals surface area contributed by atoms with Crippen LogP contribution in [0.25, 0.3) is 5.65 Å². The highest BCUT2D eigenvalue weighted by atomic mass is 32.2. The monoisotopic (exact) mass is 389 g/mol. The van der Waals surface area contributed by atoms with E-state index in [2.05, 4.69) is 17.2 Å². The lowest BCUT2D eigenvalue weighted by Gasteiger charge is -2.32. The van der Waals surface area contributed by atoms with E-state index in [1.807, 2.05) is 33.8 Å². The molecule has 0 aliphatic carbocycles. The number of rotatable bonds is 7.